The first-order chi connectivity index (χ1) is 18.1. The van der Waals surface area contributed by atoms with Crippen LogP contribution in [-0.4, -0.2) is 80.6 Å². The number of anilines is 2. The molecule has 3 heterocycles. The van der Waals surface area contributed by atoms with Crippen LogP contribution in [0.5, 0.6) is 5.88 Å². The van der Waals surface area contributed by atoms with E-state index < -0.39 is 36.6 Å². The smallest absolute Gasteiger partial charge is 0.414 e. The Morgan fingerprint density at radius 3 is 2.68 bits per heavy atom. The summed E-state index contributed by atoms with van der Waals surface area (Å²) in [4.78, 5) is 19.1. The van der Waals surface area contributed by atoms with Crippen LogP contribution in [0.3, 0.4) is 0 Å². The van der Waals surface area contributed by atoms with Gasteiger partial charge in [-0.25, -0.2) is 9.18 Å². The van der Waals surface area contributed by atoms with Crippen LogP contribution in [0, 0.1) is 12.7 Å². The molecule has 2 aliphatic rings. The number of benzene rings is 1. The number of hydrogen-bond donors (Lipinski definition) is 3. The third-order valence-electron chi connectivity index (χ3n) is 6.32. The Balaban J connectivity index is 1.56. The summed E-state index contributed by atoms with van der Waals surface area (Å²) in [5, 5.41) is 14.1. The van der Waals surface area contributed by atoms with Gasteiger partial charge in [0.15, 0.2) is 6.10 Å². The molecule has 0 aliphatic carbocycles. The van der Waals surface area contributed by atoms with Crippen LogP contribution in [0.4, 0.5) is 33.9 Å². The molecule has 4 rings (SSSR count). The highest BCUT2D eigenvalue weighted by Gasteiger charge is 2.44. The molecule has 2 amide bonds. The van der Waals surface area contributed by atoms with E-state index in [4.69, 9.17) is 19.3 Å². The van der Waals surface area contributed by atoms with E-state index in [0.29, 0.717) is 48.8 Å². The van der Waals surface area contributed by atoms with Gasteiger partial charge in [-0.2, -0.15) is 18.2 Å². The molecule has 2 unspecified atom stereocenters. The Morgan fingerprint density at radius 2 is 1.97 bits per heavy atom. The largest absolute Gasteiger partial charge is 0.475 e. The van der Waals surface area contributed by atoms with Crippen molar-refractivity contribution in [1.82, 2.24) is 10.3 Å². The Morgan fingerprint density at radius 1 is 1.21 bits per heavy atom. The fraction of sp³-hybridized carbons (Fsp3) is 0.520. The van der Waals surface area contributed by atoms with Gasteiger partial charge in [-0.1, -0.05) is 0 Å². The molecule has 0 saturated carbocycles. The van der Waals surface area contributed by atoms with E-state index in [0.717, 1.165) is 0 Å². The molecule has 38 heavy (non-hydrogen) atoms. The van der Waals surface area contributed by atoms with Crippen LogP contribution in [0.2, 0.25) is 0 Å². The number of carbonyl (C=O) groups excluding carboxylic acids is 1. The predicted molar refractivity (Wildman–Crippen MR) is 131 cm³/mol. The van der Waals surface area contributed by atoms with Crippen LogP contribution in [0.25, 0.3) is 11.1 Å². The van der Waals surface area contributed by atoms with Gasteiger partial charge in [0.25, 0.3) is 0 Å². The lowest BCUT2D eigenvalue weighted by Crippen LogP contribution is -2.47. The maximum Gasteiger partial charge on any atom is 0.414 e. The molecule has 2 saturated heterocycles. The summed E-state index contributed by atoms with van der Waals surface area (Å²) in [6, 6.07) is 4.61. The van der Waals surface area contributed by atoms with Gasteiger partial charge in [-0.3, -0.25) is 0 Å². The number of nitrogens with one attached hydrogen (secondary N) is 2. The van der Waals surface area contributed by atoms with Crippen LogP contribution in [-0.2, 0) is 9.47 Å². The zero-order chi connectivity index (χ0) is 27.3. The summed E-state index contributed by atoms with van der Waals surface area (Å²) in [5.74, 6) is 0.196. The molecule has 1 aromatic heterocycles. The molecule has 1 aromatic carbocycles. The topological polar surface area (TPSA) is 105 Å². The number of rotatable bonds is 7. The Bertz CT molecular complexity index is 1130. The zero-order valence-electron chi connectivity index (χ0n) is 20.8. The molecule has 2 aromatic rings. The molecule has 0 radical (unpaired) electrons. The third-order valence-corrected chi connectivity index (χ3v) is 6.32. The fourth-order valence-corrected chi connectivity index (χ4v) is 4.40. The van der Waals surface area contributed by atoms with Gasteiger partial charge in [-0.15, -0.1) is 0 Å². The number of aryl methyl sites for hydroxylation is 1. The number of carbonyl (C=O) groups is 1. The standard InChI is InChI=1S/C25H30F4N4O5/c1-15-10-19(26)20(31-24(35)30-17-2-6-37-21(13-17)25(27,28)29)14-18(15)16-11-22(33-3-7-36-8-4-33)32-23(12-16)38-9-5-34/h10-12,14,17,21,34H,2-9,13H2,1H3,(H2,30,31,35). The highest BCUT2D eigenvalue weighted by atomic mass is 19.4. The average Bonchev–Trinajstić information content (AvgIpc) is 2.89. The highest BCUT2D eigenvalue weighted by Crippen LogP contribution is 2.34. The minimum atomic E-state index is -4.53. The molecule has 3 N–H and O–H groups in total. The van der Waals surface area contributed by atoms with Crippen LogP contribution >= 0.6 is 0 Å². The Kier molecular flexibility index (Phi) is 8.90. The third kappa shape index (κ3) is 7.03. The zero-order valence-corrected chi connectivity index (χ0v) is 20.8. The first-order valence-electron chi connectivity index (χ1n) is 12.3. The van der Waals surface area contributed by atoms with Gasteiger partial charge < -0.3 is 34.9 Å². The van der Waals surface area contributed by atoms with Gasteiger partial charge in [0.1, 0.15) is 18.2 Å². The molecule has 0 spiro atoms. The Hall–Kier alpha value is -3.16. The number of aromatic nitrogens is 1. The number of urea groups is 1. The number of alkyl halides is 3. The number of aliphatic hydroxyl groups is 1. The molecule has 13 heteroatoms. The number of halogens is 4. The van der Waals surface area contributed by atoms with E-state index >= 15 is 0 Å². The van der Waals surface area contributed by atoms with Crippen molar-refractivity contribution in [2.45, 2.75) is 38.1 Å². The number of ether oxygens (including phenoxy) is 3. The fourth-order valence-electron chi connectivity index (χ4n) is 4.40. The van der Waals surface area contributed by atoms with Crippen molar-refractivity contribution in [3.63, 3.8) is 0 Å². The first kappa shape index (κ1) is 27.9. The van der Waals surface area contributed by atoms with Crippen molar-refractivity contribution in [2.24, 2.45) is 0 Å². The summed E-state index contributed by atoms with van der Waals surface area (Å²) in [7, 11) is 0. The number of hydrogen-bond acceptors (Lipinski definition) is 7. The normalized spacial score (nSPS) is 20.2. The first-order valence-corrected chi connectivity index (χ1v) is 12.3. The molecule has 2 fully saturated rings. The minimum Gasteiger partial charge on any atom is -0.475 e. The molecule has 2 aliphatic heterocycles. The van der Waals surface area contributed by atoms with Crippen LogP contribution in [0.1, 0.15) is 18.4 Å². The van der Waals surface area contributed by atoms with E-state index in [9.17, 15) is 22.4 Å². The van der Waals surface area contributed by atoms with Crippen molar-refractivity contribution >= 4 is 17.5 Å². The summed E-state index contributed by atoms with van der Waals surface area (Å²) in [6.07, 6.45) is -6.70. The number of morpholine rings is 1. The average molecular weight is 543 g/mol. The lowest BCUT2D eigenvalue weighted by molar-refractivity contribution is -0.232. The van der Waals surface area contributed by atoms with E-state index in [1.54, 1.807) is 13.0 Å². The number of amides is 2. The van der Waals surface area contributed by atoms with Crippen LogP contribution < -0.4 is 20.3 Å². The van der Waals surface area contributed by atoms with Gasteiger partial charge in [0.05, 0.1) is 25.5 Å². The number of aliphatic hydroxyl groups excluding tert-OH is 1. The second-order valence-corrected chi connectivity index (χ2v) is 9.09. The summed E-state index contributed by atoms with van der Waals surface area (Å²) in [6.45, 7) is 3.71. The second-order valence-electron chi connectivity index (χ2n) is 9.09. The minimum absolute atomic E-state index is 0.0375. The van der Waals surface area contributed by atoms with Gasteiger partial charge in [0.2, 0.25) is 5.88 Å². The molecule has 208 valence electrons. The number of pyridine rings is 1. The lowest BCUT2D eigenvalue weighted by atomic mass is 10.00. The number of nitrogens with zero attached hydrogens (tertiary/aromatic N) is 2. The van der Waals surface area contributed by atoms with Crippen molar-refractivity contribution in [2.75, 3.05) is 56.3 Å². The van der Waals surface area contributed by atoms with E-state index in [1.165, 1.54) is 12.1 Å². The van der Waals surface area contributed by atoms with E-state index in [-0.39, 0.29) is 37.8 Å². The summed E-state index contributed by atoms with van der Waals surface area (Å²) in [5.41, 5.74) is 1.69. The maximum atomic E-state index is 14.8. The van der Waals surface area contributed by atoms with Gasteiger partial charge >= 0.3 is 12.2 Å². The van der Waals surface area contributed by atoms with Crippen molar-refractivity contribution < 1.29 is 41.7 Å². The van der Waals surface area contributed by atoms with Crippen molar-refractivity contribution in [3.8, 4) is 17.0 Å². The van der Waals surface area contributed by atoms with Crippen LogP contribution in [0.15, 0.2) is 24.3 Å². The van der Waals surface area contributed by atoms with Gasteiger partial charge in [-0.05, 0) is 48.2 Å². The van der Waals surface area contributed by atoms with E-state index in [1.807, 2.05) is 11.0 Å². The van der Waals surface area contributed by atoms with Gasteiger partial charge in [0, 0.05) is 38.2 Å². The van der Waals surface area contributed by atoms with E-state index in [2.05, 4.69) is 15.6 Å². The quantitative estimate of drug-likeness (QED) is 0.459. The second kappa shape index (κ2) is 12.1. The molecular formula is C25H30F4N4O5. The Labute approximate surface area is 217 Å². The molecule has 0 bridgehead atoms. The SMILES string of the molecule is Cc1cc(F)c(NC(=O)NC2CCOC(C(F)(F)F)C2)cc1-c1cc(OCCO)nc(N2CCOCC2)c1. The lowest BCUT2D eigenvalue weighted by Gasteiger charge is -2.31. The monoisotopic (exact) mass is 542 g/mol. The predicted octanol–water partition coefficient (Wildman–Crippen LogP) is 3.64. The highest BCUT2D eigenvalue weighted by molar-refractivity contribution is 5.91. The molecule has 9 nitrogen and oxygen atoms in total. The maximum absolute atomic E-state index is 14.8. The van der Waals surface area contributed by atoms with Crippen molar-refractivity contribution in [3.05, 3.63) is 35.6 Å². The van der Waals surface area contributed by atoms with Crippen molar-refractivity contribution in [1.29, 1.82) is 0 Å². The summed E-state index contributed by atoms with van der Waals surface area (Å²) < 4.78 is 69.6. The summed E-state index contributed by atoms with van der Waals surface area (Å²) >= 11 is 0. The molecular weight excluding hydrogens is 512 g/mol. The molecule has 2 atom stereocenters.